The van der Waals surface area contributed by atoms with Gasteiger partial charge in [0.2, 0.25) is 5.91 Å². The van der Waals surface area contributed by atoms with Crippen molar-refractivity contribution >= 4 is 11.7 Å². The molecular weight excluding hydrogens is 354 g/mol. The second-order valence-electron chi connectivity index (χ2n) is 8.23. The third-order valence-electron chi connectivity index (χ3n) is 4.93. The molecule has 0 radical (unpaired) electrons. The number of methoxy groups -OCH3 is 1. The van der Waals surface area contributed by atoms with Crippen LogP contribution in [0.3, 0.4) is 0 Å². The molecule has 0 spiro atoms. The van der Waals surface area contributed by atoms with Gasteiger partial charge in [0, 0.05) is 31.3 Å². The lowest BCUT2D eigenvalue weighted by Crippen LogP contribution is -2.48. The Morgan fingerprint density at radius 2 is 2.11 bits per heavy atom. The van der Waals surface area contributed by atoms with Crippen LogP contribution >= 0.6 is 0 Å². The van der Waals surface area contributed by atoms with E-state index < -0.39 is 0 Å². The normalized spacial score (nSPS) is 18.1. The Bertz CT molecular complexity index is 824. The van der Waals surface area contributed by atoms with Gasteiger partial charge in [0.25, 0.3) is 0 Å². The number of aromatic nitrogens is 2. The molecule has 7 heteroatoms. The second-order valence-corrected chi connectivity index (χ2v) is 8.23. The number of amides is 1. The molecule has 2 aromatic rings. The Labute approximate surface area is 167 Å². The number of anilines is 1. The maximum atomic E-state index is 12.9. The van der Waals surface area contributed by atoms with E-state index in [1.165, 1.54) is 0 Å². The van der Waals surface area contributed by atoms with Crippen molar-refractivity contribution < 1.29 is 9.53 Å². The van der Waals surface area contributed by atoms with Crippen molar-refractivity contribution in [2.75, 3.05) is 38.6 Å². The number of nitrogens with zero attached hydrogens (tertiary/aromatic N) is 3. The molecule has 7 nitrogen and oxygen atoms in total. The average molecular weight is 386 g/mol. The van der Waals surface area contributed by atoms with Crippen LogP contribution in [0.5, 0.6) is 5.75 Å². The fourth-order valence-electron chi connectivity index (χ4n) is 3.65. The molecule has 0 bridgehead atoms. The van der Waals surface area contributed by atoms with Crippen LogP contribution in [0.25, 0.3) is 0 Å². The van der Waals surface area contributed by atoms with Gasteiger partial charge in [-0.15, -0.1) is 0 Å². The van der Waals surface area contributed by atoms with E-state index in [9.17, 15) is 4.79 Å². The number of nitrogens with one attached hydrogen (secondary N) is 2. The third-order valence-corrected chi connectivity index (χ3v) is 4.93. The zero-order valence-corrected chi connectivity index (χ0v) is 17.5. The molecule has 1 atom stereocenters. The van der Waals surface area contributed by atoms with Gasteiger partial charge < -0.3 is 15.4 Å². The zero-order valence-electron chi connectivity index (χ0n) is 17.5. The lowest BCUT2D eigenvalue weighted by Gasteiger charge is -2.36. The molecule has 28 heavy (non-hydrogen) atoms. The van der Waals surface area contributed by atoms with Crippen LogP contribution in [0.4, 0.5) is 5.82 Å². The van der Waals surface area contributed by atoms with Gasteiger partial charge in [0.05, 0.1) is 30.9 Å². The summed E-state index contributed by atoms with van der Waals surface area (Å²) in [6.07, 6.45) is 0. The molecule has 0 aliphatic carbocycles. The predicted molar refractivity (Wildman–Crippen MR) is 111 cm³/mol. The molecule has 1 aromatic carbocycles. The number of hydrogen-bond donors (Lipinski definition) is 2. The van der Waals surface area contributed by atoms with E-state index in [1.807, 2.05) is 35.9 Å². The first-order valence-electron chi connectivity index (χ1n) is 9.74. The first-order chi connectivity index (χ1) is 13.3. The zero-order chi connectivity index (χ0) is 20.3. The van der Waals surface area contributed by atoms with Crippen molar-refractivity contribution in [3.63, 3.8) is 0 Å². The van der Waals surface area contributed by atoms with Crippen LogP contribution in [0, 0.1) is 6.92 Å². The molecule has 152 valence electrons. The molecule has 1 fully saturated rings. The highest BCUT2D eigenvalue weighted by molar-refractivity contribution is 5.91. The van der Waals surface area contributed by atoms with Gasteiger partial charge in [0.1, 0.15) is 11.6 Å². The van der Waals surface area contributed by atoms with Gasteiger partial charge in [-0.2, -0.15) is 5.10 Å². The number of carbonyl (C=O) groups excluding carboxylic acids is 1. The standard InChI is InChI=1S/C21H31N5O2/c1-15-12-19(26(24-15)21(2,3)4)23-20(27)14-25-11-10-22-13-17(25)16-8-6-7-9-18(16)28-5/h6-9,12,17,22H,10-11,13-14H2,1-5H3,(H,23,27). The summed E-state index contributed by atoms with van der Waals surface area (Å²) in [4.78, 5) is 15.1. The Hall–Kier alpha value is -2.38. The minimum atomic E-state index is -0.203. The van der Waals surface area contributed by atoms with E-state index in [4.69, 9.17) is 4.74 Å². The van der Waals surface area contributed by atoms with Crippen molar-refractivity contribution in [1.82, 2.24) is 20.0 Å². The molecule has 2 N–H and O–H groups in total. The molecule has 1 saturated heterocycles. The Balaban J connectivity index is 1.75. The number of hydrogen-bond acceptors (Lipinski definition) is 5. The van der Waals surface area contributed by atoms with Crippen molar-refractivity contribution in [2.45, 2.75) is 39.3 Å². The summed E-state index contributed by atoms with van der Waals surface area (Å²) >= 11 is 0. The van der Waals surface area contributed by atoms with Crippen LogP contribution in [0.2, 0.25) is 0 Å². The first-order valence-corrected chi connectivity index (χ1v) is 9.74. The maximum absolute atomic E-state index is 12.9. The molecule has 1 aliphatic rings. The summed E-state index contributed by atoms with van der Waals surface area (Å²) in [5.74, 6) is 1.55. The summed E-state index contributed by atoms with van der Waals surface area (Å²) in [5, 5.41) is 11.0. The third kappa shape index (κ3) is 4.54. The average Bonchev–Trinajstić information content (AvgIpc) is 3.02. The van der Waals surface area contributed by atoms with Crippen LogP contribution in [-0.4, -0.2) is 53.9 Å². The predicted octanol–water partition coefficient (Wildman–Crippen LogP) is 2.54. The highest BCUT2D eigenvalue weighted by Crippen LogP contribution is 2.30. The number of piperazine rings is 1. The molecule has 1 unspecified atom stereocenters. The molecule has 3 rings (SSSR count). The van der Waals surface area contributed by atoms with E-state index in [1.54, 1.807) is 7.11 Å². The lowest BCUT2D eigenvalue weighted by atomic mass is 10.0. The monoisotopic (exact) mass is 385 g/mol. The molecule has 1 amide bonds. The summed E-state index contributed by atoms with van der Waals surface area (Å²) in [5.41, 5.74) is 1.78. The fourth-order valence-corrected chi connectivity index (χ4v) is 3.65. The van der Waals surface area contributed by atoms with Crippen LogP contribution in [-0.2, 0) is 10.3 Å². The van der Waals surface area contributed by atoms with E-state index in [2.05, 4.69) is 47.5 Å². The number of benzene rings is 1. The maximum Gasteiger partial charge on any atom is 0.239 e. The van der Waals surface area contributed by atoms with Crippen LogP contribution < -0.4 is 15.4 Å². The Morgan fingerprint density at radius 1 is 1.36 bits per heavy atom. The number of para-hydroxylation sites is 1. The molecule has 1 aliphatic heterocycles. The summed E-state index contributed by atoms with van der Waals surface area (Å²) in [6.45, 7) is 10.9. The van der Waals surface area contributed by atoms with E-state index in [-0.39, 0.29) is 17.5 Å². The second kappa shape index (κ2) is 8.32. The number of aryl methyl sites for hydroxylation is 1. The molecule has 2 heterocycles. The lowest BCUT2D eigenvalue weighted by molar-refractivity contribution is -0.118. The number of rotatable bonds is 5. The van der Waals surface area contributed by atoms with Gasteiger partial charge in [-0.05, 0) is 33.8 Å². The van der Waals surface area contributed by atoms with Crippen molar-refractivity contribution in [3.8, 4) is 5.75 Å². The van der Waals surface area contributed by atoms with Crippen molar-refractivity contribution in [3.05, 3.63) is 41.6 Å². The van der Waals surface area contributed by atoms with Gasteiger partial charge in [0.15, 0.2) is 0 Å². The summed E-state index contributed by atoms with van der Waals surface area (Å²) in [6, 6.07) is 10.0. The minimum absolute atomic E-state index is 0.0350. The smallest absolute Gasteiger partial charge is 0.239 e. The topological polar surface area (TPSA) is 71.4 Å². The highest BCUT2D eigenvalue weighted by atomic mass is 16.5. The minimum Gasteiger partial charge on any atom is -0.496 e. The van der Waals surface area contributed by atoms with E-state index in [0.717, 1.165) is 42.5 Å². The number of ether oxygens (including phenoxy) is 1. The number of carbonyl (C=O) groups is 1. The van der Waals surface area contributed by atoms with Gasteiger partial charge in [-0.1, -0.05) is 18.2 Å². The molecule has 0 saturated carbocycles. The molecule has 1 aromatic heterocycles. The van der Waals surface area contributed by atoms with Crippen molar-refractivity contribution in [2.24, 2.45) is 0 Å². The molecular formula is C21H31N5O2. The Morgan fingerprint density at radius 3 is 2.82 bits per heavy atom. The van der Waals surface area contributed by atoms with Crippen molar-refractivity contribution in [1.29, 1.82) is 0 Å². The summed E-state index contributed by atoms with van der Waals surface area (Å²) in [7, 11) is 1.68. The van der Waals surface area contributed by atoms with Crippen LogP contribution in [0.15, 0.2) is 30.3 Å². The SMILES string of the molecule is COc1ccccc1C1CNCCN1CC(=O)Nc1cc(C)nn1C(C)(C)C. The first kappa shape index (κ1) is 20.4. The van der Waals surface area contributed by atoms with Gasteiger partial charge in [-0.3, -0.25) is 9.69 Å². The largest absolute Gasteiger partial charge is 0.496 e. The highest BCUT2D eigenvalue weighted by Gasteiger charge is 2.28. The Kier molecular flexibility index (Phi) is 6.05. The quantitative estimate of drug-likeness (QED) is 0.828. The van der Waals surface area contributed by atoms with Gasteiger partial charge in [-0.25, -0.2) is 4.68 Å². The van der Waals surface area contributed by atoms with E-state index >= 15 is 0 Å². The fraction of sp³-hybridized carbons (Fsp3) is 0.524. The van der Waals surface area contributed by atoms with Gasteiger partial charge >= 0.3 is 0 Å². The van der Waals surface area contributed by atoms with Crippen LogP contribution in [0.1, 0.15) is 38.1 Å². The van der Waals surface area contributed by atoms with E-state index in [0.29, 0.717) is 6.54 Å². The summed E-state index contributed by atoms with van der Waals surface area (Å²) < 4.78 is 7.41.